The molecule has 1 atom stereocenters. The van der Waals surface area contributed by atoms with Gasteiger partial charge in [-0.25, -0.2) is 0 Å². The first-order valence-corrected chi connectivity index (χ1v) is 6.40. The van der Waals surface area contributed by atoms with Crippen molar-refractivity contribution in [2.75, 3.05) is 46.3 Å². The van der Waals surface area contributed by atoms with Gasteiger partial charge in [-0.15, -0.1) is 0 Å². The van der Waals surface area contributed by atoms with Crippen LogP contribution in [0.25, 0.3) is 0 Å². The fourth-order valence-electron chi connectivity index (χ4n) is 2.23. The van der Waals surface area contributed by atoms with Gasteiger partial charge in [0.25, 0.3) is 0 Å². The molecule has 1 aliphatic rings. The van der Waals surface area contributed by atoms with Crippen LogP contribution in [0.3, 0.4) is 0 Å². The van der Waals surface area contributed by atoms with Gasteiger partial charge in [-0.2, -0.15) is 0 Å². The van der Waals surface area contributed by atoms with E-state index >= 15 is 0 Å². The Balaban J connectivity index is 2.09. The van der Waals surface area contributed by atoms with Gasteiger partial charge in [0.1, 0.15) is 0 Å². The minimum absolute atomic E-state index is 0.742. The van der Waals surface area contributed by atoms with Crippen molar-refractivity contribution in [3.63, 3.8) is 0 Å². The molecule has 3 nitrogen and oxygen atoms in total. The maximum atomic E-state index is 3.55. The van der Waals surface area contributed by atoms with Crippen LogP contribution in [0, 0.1) is 0 Å². The number of likely N-dealkylation sites (N-methyl/N-ethyl adjacent to an activating group) is 2. The van der Waals surface area contributed by atoms with Crippen molar-refractivity contribution in [2.24, 2.45) is 0 Å². The van der Waals surface area contributed by atoms with E-state index < -0.39 is 0 Å². The second kappa shape index (κ2) is 7.20. The Morgan fingerprint density at radius 1 is 1.20 bits per heavy atom. The average molecular weight is 213 g/mol. The highest BCUT2D eigenvalue weighted by Crippen LogP contribution is 2.05. The van der Waals surface area contributed by atoms with E-state index in [1.54, 1.807) is 0 Å². The van der Waals surface area contributed by atoms with Gasteiger partial charge >= 0.3 is 0 Å². The summed E-state index contributed by atoms with van der Waals surface area (Å²) in [6.45, 7) is 11.6. The predicted molar refractivity (Wildman–Crippen MR) is 66.3 cm³/mol. The van der Waals surface area contributed by atoms with Crippen molar-refractivity contribution in [1.82, 2.24) is 15.1 Å². The SMILES string of the molecule is CCN(CC)CCN(C)CC1CCCN1. The number of hydrogen-bond acceptors (Lipinski definition) is 3. The van der Waals surface area contributed by atoms with Crippen LogP contribution in [0.1, 0.15) is 26.7 Å². The van der Waals surface area contributed by atoms with Crippen molar-refractivity contribution in [3.05, 3.63) is 0 Å². The highest BCUT2D eigenvalue weighted by atomic mass is 15.2. The number of rotatable bonds is 7. The van der Waals surface area contributed by atoms with Crippen LogP contribution in [0.5, 0.6) is 0 Å². The van der Waals surface area contributed by atoms with Crippen LogP contribution in [-0.4, -0.2) is 62.2 Å². The molecule has 0 aliphatic carbocycles. The van der Waals surface area contributed by atoms with Crippen LogP contribution in [-0.2, 0) is 0 Å². The van der Waals surface area contributed by atoms with Gasteiger partial charge in [-0.3, -0.25) is 0 Å². The van der Waals surface area contributed by atoms with E-state index in [4.69, 9.17) is 0 Å². The van der Waals surface area contributed by atoms with Crippen LogP contribution in [0.2, 0.25) is 0 Å². The van der Waals surface area contributed by atoms with Crippen LogP contribution >= 0.6 is 0 Å². The summed E-state index contributed by atoms with van der Waals surface area (Å²) in [6.07, 6.45) is 2.71. The average Bonchev–Trinajstić information content (AvgIpc) is 2.72. The molecular weight excluding hydrogens is 186 g/mol. The quantitative estimate of drug-likeness (QED) is 0.681. The van der Waals surface area contributed by atoms with Gasteiger partial charge in [0.15, 0.2) is 0 Å². The fourth-order valence-corrected chi connectivity index (χ4v) is 2.23. The maximum absolute atomic E-state index is 3.55. The summed E-state index contributed by atoms with van der Waals surface area (Å²) in [5.41, 5.74) is 0. The van der Waals surface area contributed by atoms with E-state index in [2.05, 4.69) is 36.0 Å². The molecule has 90 valence electrons. The van der Waals surface area contributed by atoms with Gasteiger partial charge < -0.3 is 15.1 Å². The van der Waals surface area contributed by atoms with Crippen molar-refractivity contribution in [1.29, 1.82) is 0 Å². The third-order valence-corrected chi connectivity index (χ3v) is 3.39. The summed E-state index contributed by atoms with van der Waals surface area (Å²) in [7, 11) is 2.24. The smallest absolute Gasteiger partial charge is 0.0195 e. The first-order chi connectivity index (χ1) is 7.26. The molecule has 3 heteroatoms. The maximum Gasteiger partial charge on any atom is 0.0195 e. The van der Waals surface area contributed by atoms with E-state index in [0.717, 1.165) is 6.04 Å². The molecule has 1 N–H and O–H groups in total. The minimum atomic E-state index is 0.742. The third kappa shape index (κ3) is 4.96. The molecule has 0 radical (unpaired) electrons. The molecule has 0 saturated carbocycles. The molecule has 1 heterocycles. The molecule has 1 unspecified atom stereocenters. The van der Waals surface area contributed by atoms with Gasteiger partial charge in [-0.1, -0.05) is 13.8 Å². The highest BCUT2D eigenvalue weighted by molar-refractivity contribution is 4.77. The van der Waals surface area contributed by atoms with Gasteiger partial charge in [0.05, 0.1) is 0 Å². The van der Waals surface area contributed by atoms with E-state index in [-0.39, 0.29) is 0 Å². The highest BCUT2D eigenvalue weighted by Gasteiger charge is 2.15. The first-order valence-electron chi connectivity index (χ1n) is 6.40. The molecule has 0 spiro atoms. The van der Waals surface area contributed by atoms with Crippen molar-refractivity contribution in [3.8, 4) is 0 Å². The summed E-state index contributed by atoms with van der Waals surface area (Å²) >= 11 is 0. The Kier molecular flexibility index (Phi) is 6.22. The lowest BCUT2D eigenvalue weighted by Crippen LogP contribution is -2.39. The zero-order valence-corrected chi connectivity index (χ0v) is 10.6. The molecule has 0 bridgehead atoms. The monoisotopic (exact) mass is 213 g/mol. The van der Waals surface area contributed by atoms with Crippen LogP contribution in [0.15, 0.2) is 0 Å². The summed E-state index contributed by atoms with van der Waals surface area (Å²) in [4.78, 5) is 4.94. The van der Waals surface area contributed by atoms with Crippen LogP contribution in [0.4, 0.5) is 0 Å². The molecule has 0 amide bonds. The summed E-state index contributed by atoms with van der Waals surface area (Å²) in [5, 5.41) is 3.55. The van der Waals surface area contributed by atoms with Gasteiger partial charge in [0, 0.05) is 25.7 Å². The second-order valence-electron chi connectivity index (χ2n) is 4.58. The van der Waals surface area contributed by atoms with Crippen molar-refractivity contribution < 1.29 is 0 Å². The topological polar surface area (TPSA) is 18.5 Å². The Hall–Kier alpha value is -0.120. The van der Waals surface area contributed by atoms with Crippen molar-refractivity contribution in [2.45, 2.75) is 32.7 Å². The van der Waals surface area contributed by atoms with Crippen LogP contribution < -0.4 is 5.32 Å². The van der Waals surface area contributed by atoms with Gasteiger partial charge in [-0.05, 0) is 39.5 Å². The normalized spacial score (nSPS) is 21.8. The summed E-state index contributed by atoms with van der Waals surface area (Å²) < 4.78 is 0. The van der Waals surface area contributed by atoms with E-state index in [1.165, 1.54) is 52.1 Å². The Morgan fingerprint density at radius 3 is 2.47 bits per heavy atom. The molecule has 15 heavy (non-hydrogen) atoms. The molecule has 1 fully saturated rings. The fraction of sp³-hybridized carbons (Fsp3) is 1.00. The standard InChI is InChI=1S/C12H27N3/c1-4-15(5-2)10-9-14(3)11-12-7-6-8-13-12/h12-13H,4-11H2,1-3H3. The lowest BCUT2D eigenvalue weighted by molar-refractivity contribution is 0.230. The molecule has 1 saturated heterocycles. The number of hydrogen-bond donors (Lipinski definition) is 1. The Bertz CT molecular complexity index is 151. The molecule has 0 aromatic heterocycles. The predicted octanol–water partition coefficient (Wildman–Crippen LogP) is 1.01. The first kappa shape index (κ1) is 12.9. The van der Waals surface area contributed by atoms with Gasteiger partial charge in [0.2, 0.25) is 0 Å². The third-order valence-electron chi connectivity index (χ3n) is 3.39. The molecular formula is C12H27N3. The molecule has 0 aromatic carbocycles. The zero-order chi connectivity index (χ0) is 11.1. The zero-order valence-electron chi connectivity index (χ0n) is 10.6. The summed E-state index contributed by atoms with van der Waals surface area (Å²) in [6, 6.07) is 0.742. The minimum Gasteiger partial charge on any atom is -0.313 e. The number of nitrogens with zero attached hydrogens (tertiary/aromatic N) is 2. The largest absolute Gasteiger partial charge is 0.313 e. The molecule has 0 aromatic rings. The molecule has 1 rings (SSSR count). The Labute approximate surface area is 94.8 Å². The van der Waals surface area contributed by atoms with Crippen molar-refractivity contribution >= 4 is 0 Å². The summed E-state index contributed by atoms with van der Waals surface area (Å²) in [5.74, 6) is 0. The van der Waals surface area contributed by atoms with E-state index in [9.17, 15) is 0 Å². The van der Waals surface area contributed by atoms with E-state index in [0.29, 0.717) is 0 Å². The number of nitrogens with one attached hydrogen (secondary N) is 1. The lowest BCUT2D eigenvalue weighted by atomic mass is 10.2. The molecule has 1 aliphatic heterocycles. The second-order valence-corrected chi connectivity index (χ2v) is 4.58. The lowest BCUT2D eigenvalue weighted by Gasteiger charge is -2.25. The Morgan fingerprint density at radius 2 is 1.93 bits per heavy atom. The van der Waals surface area contributed by atoms with E-state index in [1.807, 2.05) is 0 Å².